The van der Waals surface area contributed by atoms with Gasteiger partial charge in [-0.25, -0.2) is 0 Å². The van der Waals surface area contributed by atoms with Gasteiger partial charge in [0.2, 0.25) is 0 Å². The summed E-state index contributed by atoms with van der Waals surface area (Å²) in [7, 11) is 0. The van der Waals surface area contributed by atoms with Crippen LogP contribution in [-0.2, 0) is 0 Å². The molecule has 1 atom stereocenters. The maximum absolute atomic E-state index is 9.37. The van der Waals surface area contributed by atoms with Gasteiger partial charge < -0.3 is 15.2 Å². The minimum absolute atomic E-state index is 0.0168. The molecule has 2 rings (SSSR count). The zero-order valence-corrected chi connectivity index (χ0v) is 12.0. The van der Waals surface area contributed by atoms with Gasteiger partial charge in [0.05, 0.1) is 12.6 Å². The summed E-state index contributed by atoms with van der Waals surface area (Å²) in [6.07, 6.45) is 0. The van der Waals surface area contributed by atoms with Gasteiger partial charge in [0.25, 0.3) is 0 Å². The van der Waals surface area contributed by atoms with Crippen molar-refractivity contribution in [1.82, 2.24) is 0 Å². The van der Waals surface area contributed by atoms with Crippen LogP contribution in [0.25, 0.3) is 0 Å². The normalized spacial score (nSPS) is 11.9. The molecule has 100 valence electrons. The van der Waals surface area contributed by atoms with Gasteiger partial charge in [0.15, 0.2) is 0 Å². The van der Waals surface area contributed by atoms with E-state index in [1.807, 2.05) is 54.6 Å². The van der Waals surface area contributed by atoms with E-state index < -0.39 is 0 Å². The van der Waals surface area contributed by atoms with Crippen molar-refractivity contribution in [2.45, 2.75) is 6.04 Å². The van der Waals surface area contributed by atoms with E-state index in [0.29, 0.717) is 6.61 Å². The van der Waals surface area contributed by atoms with Crippen LogP contribution in [0.5, 0.6) is 5.75 Å². The molecule has 0 radical (unpaired) electrons. The number of para-hydroxylation sites is 1. The molecule has 2 N–H and O–H groups in total. The number of aliphatic hydroxyl groups excluding tert-OH is 1. The number of nitrogens with one attached hydrogen (secondary N) is 1. The van der Waals surface area contributed by atoms with E-state index in [0.717, 1.165) is 15.9 Å². The Morgan fingerprint density at radius 2 is 1.74 bits per heavy atom. The Morgan fingerprint density at radius 1 is 1.05 bits per heavy atom. The predicted molar refractivity (Wildman–Crippen MR) is 80.6 cm³/mol. The monoisotopic (exact) mass is 321 g/mol. The molecule has 0 bridgehead atoms. The van der Waals surface area contributed by atoms with Gasteiger partial charge in [-0.1, -0.05) is 34.1 Å². The number of hydrogen-bond acceptors (Lipinski definition) is 3. The van der Waals surface area contributed by atoms with Crippen LogP contribution in [0, 0.1) is 0 Å². The molecule has 0 aliphatic carbocycles. The Bertz CT molecular complexity index is 487. The number of rotatable bonds is 6. The van der Waals surface area contributed by atoms with Crippen LogP contribution in [-0.4, -0.2) is 24.4 Å². The van der Waals surface area contributed by atoms with Crippen molar-refractivity contribution in [2.24, 2.45) is 0 Å². The Hall–Kier alpha value is -1.52. The molecular weight excluding hydrogens is 306 g/mol. The van der Waals surface area contributed by atoms with E-state index in [1.165, 1.54) is 0 Å². The highest BCUT2D eigenvalue weighted by Crippen LogP contribution is 2.15. The lowest BCUT2D eigenvalue weighted by Gasteiger charge is -2.18. The van der Waals surface area contributed by atoms with Gasteiger partial charge >= 0.3 is 0 Å². The van der Waals surface area contributed by atoms with Crippen LogP contribution in [0.15, 0.2) is 59.1 Å². The minimum atomic E-state index is -0.138. The molecule has 0 aromatic heterocycles. The quantitative estimate of drug-likeness (QED) is 0.857. The molecule has 0 aliphatic heterocycles. The fraction of sp³-hybridized carbons (Fsp3) is 0.200. The molecule has 0 aliphatic rings. The molecule has 1 unspecified atom stereocenters. The number of benzene rings is 2. The summed E-state index contributed by atoms with van der Waals surface area (Å²) in [4.78, 5) is 0. The topological polar surface area (TPSA) is 41.5 Å². The first-order valence-electron chi connectivity index (χ1n) is 6.09. The average molecular weight is 322 g/mol. The van der Waals surface area contributed by atoms with E-state index in [2.05, 4.69) is 21.2 Å². The summed E-state index contributed by atoms with van der Waals surface area (Å²) in [6, 6.07) is 17.3. The van der Waals surface area contributed by atoms with E-state index >= 15 is 0 Å². The predicted octanol–water partition coefficient (Wildman–Crippen LogP) is 3.30. The first kappa shape index (κ1) is 13.9. The summed E-state index contributed by atoms with van der Waals surface area (Å²) in [5, 5.41) is 12.6. The van der Waals surface area contributed by atoms with Crippen LogP contribution < -0.4 is 10.1 Å². The molecule has 0 saturated carbocycles. The van der Waals surface area contributed by atoms with Crippen molar-refractivity contribution in [3.05, 3.63) is 59.1 Å². The molecule has 0 fully saturated rings. The standard InChI is InChI=1S/C15H16BrNO2/c16-12-6-8-13(9-7-12)17-14(10-18)11-19-15-4-2-1-3-5-15/h1-9,14,17-18H,10-11H2. The largest absolute Gasteiger partial charge is 0.491 e. The zero-order valence-electron chi connectivity index (χ0n) is 10.4. The molecule has 0 spiro atoms. The zero-order chi connectivity index (χ0) is 13.5. The summed E-state index contributed by atoms with van der Waals surface area (Å²) in [5.41, 5.74) is 0.957. The van der Waals surface area contributed by atoms with Crippen molar-refractivity contribution in [1.29, 1.82) is 0 Å². The third kappa shape index (κ3) is 4.58. The van der Waals surface area contributed by atoms with Crippen molar-refractivity contribution >= 4 is 21.6 Å². The molecular formula is C15H16BrNO2. The smallest absolute Gasteiger partial charge is 0.119 e. The summed E-state index contributed by atoms with van der Waals surface area (Å²) in [6.45, 7) is 0.430. The maximum atomic E-state index is 9.37. The summed E-state index contributed by atoms with van der Waals surface area (Å²) < 4.78 is 6.65. The second kappa shape index (κ2) is 7.16. The van der Waals surface area contributed by atoms with Gasteiger partial charge in [0, 0.05) is 10.2 Å². The third-order valence-corrected chi connectivity index (χ3v) is 3.16. The van der Waals surface area contributed by atoms with Crippen LogP contribution in [0.1, 0.15) is 0 Å². The highest BCUT2D eigenvalue weighted by molar-refractivity contribution is 9.10. The Morgan fingerprint density at radius 3 is 2.37 bits per heavy atom. The number of ether oxygens (including phenoxy) is 1. The van der Waals surface area contributed by atoms with Gasteiger partial charge in [-0.3, -0.25) is 0 Å². The molecule has 0 saturated heterocycles. The SMILES string of the molecule is OCC(COc1ccccc1)Nc1ccc(Br)cc1. The molecule has 0 heterocycles. The number of halogens is 1. The first-order chi connectivity index (χ1) is 9.28. The Labute approximate surface area is 121 Å². The van der Waals surface area contributed by atoms with Crippen LogP contribution in [0.3, 0.4) is 0 Å². The summed E-state index contributed by atoms with van der Waals surface area (Å²) >= 11 is 3.39. The third-order valence-electron chi connectivity index (χ3n) is 2.63. The Kier molecular flexibility index (Phi) is 5.24. The van der Waals surface area contributed by atoms with Gasteiger partial charge in [-0.2, -0.15) is 0 Å². The van der Waals surface area contributed by atoms with Crippen molar-refractivity contribution in [3.63, 3.8) is 0 Å². The van der Waals surface area contributed by atoms with Crippen molar-refractivity contribution in [3.8, 4) is 5.75 Å². The minimum Gasteiger partial charge on any atom is -0.491 e. The lowest BCUT2D eigenvalue weighted by Crippen LogP contribution is -2.30. The molecule has 2 aromatic carbocycles. The molecule has 19 heavy (non-hydrogen) atoms. The maximum Gasteiger partial charge on any atom is 0.119 e. The second-order valence-corrected chi connectivity index (χ2v) is 5.07. The number of hydrogen-bond donors (Lipinski definition) is 2. The highest BCUT2D eigenvalue weighted by Gasteiger charge is 2.08. The first-order valence-corrected chi connectivity index (χ1v) is 6.88. The fourth-order valence-corrected chi connectivity index (χ4v) is 1.90. The second-order valence-electron chi connectivity index (χ2n) is 4.15. The van der Waals surface area contributed by atoms with Gasteiger partial charge in [-0.05, 0) is 36.4 Å². The van der Waals surface area contributed by atoms with E-state index in [9.17, 15) is 5.11 Å². The van der Waals surface area contributed by atoms with E-state index in [1.54, 1.807) is 0 Å². The van der Waals surface area contributed by atoms with Crippen LogP contribution >= 0.6 is 15.9 Å². The molecule has 4 heteroatoms. The molecule has 0 amide bonds. The van der Waals surface area contributed by atoms with Crippen molar-refractivity contribution in [2.75, 3.05) is 18.5 Å². The van der Waals surface area contributed by atoms with E-state index in [-0.39, 0.29) is 12.6 Å². The highest BCUT2D eigenvalue weighted by atomic mass is 79.9. The lowest BCUT2D eigenvalue weighted by molar-refractivity contribution is 0.216. The van der Waals surface area contributed by atoms with Gasteiger partial charge in [-0.15, -0.1) is 0 Å². The summed E-state index contributed by atoms with van der Waals surface area (Å²) in [5.74, 6) is 0.804. The number of anilines is 1. The van der Waals surface area contributed by atoms with Crippen LogP contribution in [0.4, 0.5) is 5.69 Å². The molecule has 2 aromatic rings. The number of aliphatic hydroxyl groups is 1. The fourth-order valence-electron chi connectivity index (χ4n) is 1.64. The van der Waals surface area contributed by atoms with Crippen molar-refractivity contribution < 1.29 is 9.84 Å². The lowest BCUT2D eigenvalue weighted by atomic mass is 10.2. The van der Waals surface area contributed by atoms with E-state index in [4.69, 9.17) is 4.74 Å². The average Bonchev–Trinajstić information content (AvgIpc) is 2.46. The molecule has 3 nitrogen and oxygen atoms in total. The Balaban J connectivity index is 1.88. The van der Waals surface area contributed by atoms with Gasteiger partial charge in [0.1, 0.15) is 12.4 Å². The van der Waals surface area contributed by atoms with Crippen LogP contribution in [0.2, 0.25) is 0 Å².